The van der Waals surface area contributed by atoms with Crippen molar-refractivity contribution in [3.05, 3.63) is 0 Å². The van der Waals surface area contributed by atoms with E-state index in [4.69, 9.17) is 33.2 Å². The minimum absolute atomic E-state index is 0.177. The Morgan fingerprint density at radius 2 is 1.41 bits per heavy atom. The summed E-state index contributed by atoms with van der Waals surface area (Å²) in [6.45, 7) is 6.41. The Morgan fingerprint density at radius 3 is 2.10 bits per heavy atom. The van der Waals surface area contributed by atoms with Gasteiger partial charge < -0.3 is 53.6 Å². The molecule has 1 unspecified atom stereocenters. The molecule has 4 heterocycles. The van der Waals surface area contributed by atoms with Gasteiger partial charge in [-0.05, 0) is 27.7 Å². The van der Waals surface area contributed by atoms with Crippen molar-refractivity contribution in [2.75, 3.05) is 13.2 Å². The highest BCUT2D eigenvalue weighted by Gasteiger charge is 2.58. The zero-order valence-electron chi connectivity index (χ0n) is 16.8. The molecule has 0 bridgehead atoms. The molecule has 0 saturated carbocycles. The first-order valence-electron chi connectivity index (χ1n) is 9.80. The zero-order valence-corrected chi connectivity index (χ0v) is 16.8. The maximum atomic E-state index is 11.0. The zero-order chi connectivity index (χ0) is 21.1. The molecule has 29 heavy (non-hydrogen) atoms. The monoisotopic (exact) mass is 422 g/mol. The van der Waals surface area contributed by atoms with Crippen LogP contribution < -0.4 is 0 Å². The Morgan fingerprint density at radius 1 is 0.759 bits per heavy atom. The fourth-order valence-electron chi connectivity index (χ4n) is 4.25. The number of fused-ring (bicyclic) bond motifs is 3. The summed E-state index contributed by atoms with van der Waals surface area (Å²) in [5.74, 6) is -2.18. The average molecular weight is 422 g/mol. The summed E-state index contributed by atoms with van der Waals surface area (Å²) in [5.41, 5.74) is 0. The third-order valence-corrected chi connectivity index (χ3v) is 5.58. The third-order valence-electron chi connectivity index (χ3n) is 5.58. The normalized spacial score (nSPS) is 51.7. The van der Waals surface area contributed by atoms with Gasteiger partial charge in [0.2, 0.25) is 0 Å². The van der Waals surface area contributed by atoms with Gasteiger partial charge >= 0.3 is 0 Å². The van der Waals surface area contributed by atoms with Gasteiger partial charge in [-0.2, -0.15) is 0 Å². The van der Waals surface area contributed by atoms with E-state index in [0.29, 0.717) is 0 Å². The maximum absolute atomic E-state index is 11.0. The molecule has 0 aromatic rings. The van der Waals surface area contributed by atoms with E-state index in [2.05, 4.69) is 0 Å². The minimum atomic E-state index is -1.56. The second kappa shape index (κ2) is 7.61. The van der Waals surface area contributed by atoms with Crippen LogP contribution in [0.5, 0.6) is 0 Å². The number of hydrogen-bond acceptors (Lipinski definition) is 11. The summed E-state index contributed by atoms with van der Waals surface area (Å²) in [4.78, 5) is 0. The average Bonchev–Trinajstić information content (AvgIpc) is 2.63. The Kier molecular flexibility index (Phi) is 5.71. The molecule has 0 aliphatic carbocycles. The first kappa shape index (κ1) is 21.8. The van der Waals surface area contributed by atoms with E-state index in [0.717, 1.165) is 0 Å². The SMILES string of the molecule is CC1(C)OC[C@H]2O[C@@H]3O[C@H]4[C@H](OC(C)(C)O[C@@H]3[C@@H](O)[C@@H]2O1)[C@@H](O)C(O)O[C@@H]4CO. The molecule has 4 aliphatic heterocycles. The Bertz CT molecular complexity index is 598. The van der Waals surface area contributed by atoms with E-state index in [1.54, 1.807) is 27.7 Å². The predicted molar refractivity (Wildman–Crippen MR) is 92.2 cm³/mol. The molecule has 0 aromatic heterocycles. The largest absolute Gasteiger partial charge is 0.394 e. The van der Waals surface area contributed by atoms with E-state index in [1.165, 1.54) is 0 Å². The summed E-state index contributed by atoms with van der Waals surface area (Å²) in [7, 11) is 0. The molecule has 4 aliphatic rings. The maximum Gasteiger partial charge on any atom is 0.187 e. The lowest BCUT2D eigenvalue weighted by molar-refractivity contribution is -0.443. The summed E-state index contributed by atoms with van der Waals surface area (Å²) in [6.07, 6.45) is -10.5. The second-order valence-electron chi connectivity index (χ2n) is 8.73. The number of aliphatic hydroxyl groups excluding tert-OH is 4. The fourth-order valence-corrected chi connectivity index (χ4v) is 4.25. The van der Waals surface area contributed by atoms with E-state index >= 15 is 0 Å². The molecule has 0 aromatic carbocycles. The summed E-state index contributed by atoms with van der Waals surface area (Å²) < 4.78 is 40.6. The number of rotatable bonds is 1. The molecule has 11 heteroatoms. The summed E-state index contributed by atoms with van der Waals surface area (Å²) in [5, 5.41) is 41.1. The van der Waals surface area contributed by atoms with Gasteiger partial charge in [-0.3, -0.25) is 0 Å². The lowest BCUT2D eigenvalue weighted by Gasteiger charge is -2.54. The molecule has 4 N–H and O–H groups in total. The van der Waals surface area contributed by atoms with Crippen LogP contribution in [0.25, 0.3) is 0 Å². The van der Waals surface area contributed by atoms with Crippen LogP contribution in [-0.4, -0.2) is 107 Å². The lowest BCUT2D eigenvalue weighted by atomic mass is 9.94. The van der Waals surface area contributed by atoms with E-state index in [1.807, 2.05) is 0 Å². The van der Waals surface area contributed by atoms with Crippen molar-refractivity contribution in [3.63, 3.8) is 0 Å². The number of aliphatic hydroxyl groups is 4. The molecule has 10 atom stereocenters. The van der Waals surface area contributed by atoms with Crippen LogP contribution in [0.4, 0.5) is 0 Å². The lowest BCUT2D eigenvalue weighted by Crippen LogP contribution is -2.70. The molecule has 4 fully saturated rings. The fraction of sp³-hybridized carbons (Fsp3) is 1.00. The van der Waals surface area contributed by atoms with Crippen LogP contribution in [0.15, 0.2) is 0 Å². The van der Waals surface area contributed by atoms with Gasteiger partial charge in [0.05, 0.1) is 13.2 Å². The van der Waals surface area contributed by atoms with Crippen LogP contribution in [0.3, 0.4) is 0 Å². The first-order valence-corrected chi connectivity index (χ1v) is 9.80. The van der Waals surface area contributed by atoms with E-state index < -0.39 is 79.6 Å². The van der Waals surface area contributed by atoms with Gasteiger partial charge in [0.1, 0.15) is 48.8 Å². The topological polar surface area (TPSA) is 146 Å². The summed E-state index contributed by atoms with van der Waals surface area (Å²) >= 11 is 0. The van der Waals surface area contributed by atoms with Crippen LogP contribution in [0.2, 0.25) is 0 Å². The molecular formula is C18H30O11. The van der Waals surface area contributed by atoms with Crippen LogP contribution in [0, 0.1) is 0 Å². The van der Waals surface area contributed by atoms with Crippen LogP contribution in [-0.2, 0) is 33.2 Å². The number of hydrogen-bond donors (Lipinski definition) is 4. The molecular weight excluding hydrogens is 392 g/mol. The van der Waals surface area contributed by atoms with Gasteiger partial charge in [0.15, 0.2) is 24.2 Å². The summed E-state index contributed by atoms with van der Waals surface area (Å²) in [6, 6.07) is 0. The third kappa shape index (κ3) is 4.06. The highest BCUT2D eigenvalue weighted by Crippen LogP contribution is 2.40. The van der Waals surface area contributed by atoms with Crippen molar-refractivity contribution in [1.29, 1.82) is 0 Å². The second-order valence-corrected chi connectivity index (χ2v) is 8.73. The van der Waals surface area contributed by atoms with Crippen LogP contribution in [0.1, 0.15) is 27.7 Å². The van der Waals surface area contributed by atoms with Crippen molar-refractivity contribution in [2.45, 2.75) is 101 Å². The van der Waals surface area contributed by atoms with Crippen molar-refractivity contribution in [2.24, 2.45) is 0 Å². The molecule has 168 valence electrons. The van der Waals surface area contributed by atoms with Gasteiger partial charge in [-0.15, -0.1) is 0 Å². The molecule has 11 nitrogen and oxygen atoms in total. The van der Waals surface area contributed by atoms with Crippen molar-refractivity contribution < 1.29 is 53.6 Å². The predicted octanol–water partition coefficient (Wildman–Crippen LogP) is -1.80. The van der Waals surface area contributed by atoms with Crippen LogP contribution >= 0.6 is 0 Å². The van der Waals surface area contributed by atoms with Gasteiger partial charge in [-0.25, -0.2) is 0 Å². The molecule has 0 amide bonds. The molecule has 0 spiro atoms. The standard InChI is InChI=1S/C18H30O11/c1-17(2)23-6-8-11(27-17)9(20)14-16(25-8)26-12-7(5-19)24-15(22)10(21)13(12)28-18(3,4)29-14/h7-16,19-22H,5-6H2,1-4H3/t7-,8-,9+,10-,11-,12-,13-,14-,15?,16-/m1/s1. The Labute approximate surface area is 168 Å². The molecule has 4 saturated heterocycles. The highest BCUT2D eigenvalue weighted by molar-refractivity contribution is 4.99. The molecule has 4 rings (SSSR count). The highest BCUT2D eigenvalue weighted by atomic mass is 16.8. The smallest absolute Gasteiger partial charge is 0.187 e. The van der Waals surface area contributed by atoms with Gasteiger partial charge in [-0.1, -0.05) is 0 Å². The van der Waals surface area contributed by atoms with Crippen molar-refractivity contribution >= 4 is 0 Å². The minimum Gasteiger partial charge on any atom is -0.394 e. The first-order chi connectivity index (χ1) is 13.5. The van der Waals surface area contributed by atoms with E-state index in [9.17, 15) is 20.4 Å². The Balaban J connectivity index is 1.63. The van der Waals surface area contributed by atoms with Crippen molar-refractivity contribution in [1.82, 2.24) is 0 Å². The number of ether oxygens (including phenoxy) is 7. The van der Waals surface area contributed by atoms with E-state index in [-0.39, 0.29) is 6.61 Å². The molecule has 0 radical (unpaired) electrons. The van der Waals surface area contributed by atoms with Crippen molar-refractivity contribution in [3.8, 4) is 0 Å². The van der Waals surface area contributed by atoms with Gasteiger partial charge in [0, 0.05) is 0 Å². The Hall–Kier alpha value is -0.440. The van der Waals surface area contributed by atoms with Gasteiger partial charge in [0.25, 0.3) is 0 Å². The quantitative estimate of drug-likeness (QED) is 0.380.